The van der Waals surface area contributed by atoms with Gasteiger partial charge in [-0.05, 0) is 32.0 Å². The molecule has 0 aliphatic heterocycles. The van der Waals surface area contributed by atoms with E-state index in [4.69, 9.17) is 10.00 Å². The van der Waals surface area contributed by atoms with Gasteiger partial charge in [0.05, 0.1) is 5.56 Å². The van der Waals surface area contributed by atoms with Crippen molar-refractivity contribution in [3.8, 4) is 11.8 Å². The number of rotatable bonds is 8. The Labute approximate surface area is 121 Å². The van der Waals surface area contributed by atoms with Gasteiger partial charge in [-0.3, -0.25) is 0 Å². The highest BCUT2D eigenvalue weighted by atomic mass is 16.5. The van der Waals surface area contributed by atoms with E-state index in [2.05, 4.69) is 24.8 Å². The Morgan fingerprint density at radius 2 is 1.95 bits per heavy atom. The molecule has 4 nitrogen and oxygen atoms in total. The monoisotopic (exact) mass is 276 g/mol. The van der Waals surface area contributed by atoms with Gasteiger partial charge in [-0.25, -0.2) is 0 Å². The third-order valence-corrected chi connectivity index (χ3v) is 3.50. The van der Waals surface area contributed by atoms with E-state index in [1.54, 1.807) is 18.2 Å². The summed E-state index contributed by atoms with van der Waals surface area (Å²) in [7, 11) is 2.02. The zero-order valence-corrected chi connectivity index (χ0v) is 12.5. The molecule has 1 aromatic carbocycles. The number of ether oxygens (including phenoxy) is 1. The van der Waals surface area contributed by atoms with E-state index in [1.165, 1.54) is 0 Å². The summed E-state index contributed by atoms with van der Waals surface area (Å²) in [5.41, 5.74) is 0.494. The number of aliphatic hydroxyl groups excluding tert-OH is 1. The summed E-state index contributed by atoms with van der Waals surface area (Å²) in [6.07, 6.45) is 1.57. The van der Waals surface area contributed by atoms with Crippen LogP contribution in [-0.2, 0) is 0 Å². The van der Waals surface area contributed by atoms with Gasteiger partial charge in [-0.1, -0.05) is 26.0 Å². The van der Waals surface area contributed by atoms with Gasteiger partial charge < -0.3 is 14.7 Å². The molecular weight excluding hydrogens is 252 g/mol. The van der Waals surface area contributed by atoms with Crippen LogP contribution >= 0.6 is 0 Å². The Bertz CT molecular complexity index is 438. The summed E-state index contributed by atoms with van der Waals surface area (Å²) in [5.74, 6) is 0.527. The molecule has 0 saturated heterocycles. The highest BCUT2D eigenvalue weighted by Crippen LogP contribution is 2.16. The van der Waals surface area contributed by atoms with E-state index in [1.807, 2.05) is 13.1 Å². The van der Waals surface area contributed by atoms with Crippen LogP contribution in [-0.4, -0.2) is 42.4 Å². The highest BCUT2D eigenvalue weighted by Gasteiger charge is 2.15. The smallest absolute Gasteiger partial charge is 0.137 e. The molecule has 20 heavy (non-hydrogen) atoms. The van der Waals surface area contributed by atoms with Gasteiger partial charge in [0.15, 0.2) is 0 Å². The SMILES string of the molecule is CCC(CC)N(C)CC(O)COc1ccccc1C#N. The number of hydrogen-bond donors (Lipinski definition) is 1. The number of para-hydroxylation sites is 1. The molecule has 0 fully saturated rings. The summed E-state index contributed by atoms with van der Waals surface area (Å²) in [6.45, 7) is 5.07. The molecule has 0 radical (unpaired) electrons. The van der Waals surface area contributed by atoms with Gasteiger partial charge in [-0.15, -0.1) is 0 Å². The van der Waals surface area contributed by atoms with Crippen molar-refractivity contribution >= 4 is 0 Å². The number of aliphatic hydroxyl groups is 1. The van der Waals surface area contributed by atoms with Crippen LogP contribution in [0.5, 0.6) is 5.75 Å². The normalized spacial score (nSPS) is 12.4. The van der Waals surface area contributed by atoms with Crippen LogP contribution in [0.4, 0.5) is 0 Å². The molecule has 1 atom stereocenters. The summed E-state index contributed by atoms with van der Waals surface area (Å²) in [5, 5.41) is 19.0. The van der Waals surface area contributed by atoms with Crippen molar-refractivity contribution < 1.29 is 9.84 Å². The Balaban J connectivity index is 2.47. The Hall–Kier alpha value is -1.57. The highest BCUT2D eigenvalue weighted by molar-refractivity contribution is 5.42. The first kappa shape index (κ1) is 16.5. The second-order valence-corrected chi connectivity index (χ2v) is 4.98. The molecule has 1 N–H and O–H groups in total. The molecule has 0 heterocycles. The summed E-state index contributed by atoms with van der Waals surface area (Å²) >= 11 is 0. The first-order chi connectivity index (χ1) is 9.62. The number of benzene rings is 1. The van der Waals surface area contributed by atoms with E-state index in [9.17, 15) is 5.11 Å². The minimum absolute atomic E-state index is 0.198. The van der Waals surface area contributed by atoms with E-state index in [0.717, 1.165) is 12.8 Å². The zero-order valence-electron chi connectivity index (χ0n) is 12.5. The minimum atomic E-state index is -0.563. The molecule has 1 rings (SSSR count). The van der Waals surface area contributed by atoms with E-state index >= 15 is 0 Å². The molecule has 110 valence electrons. The molecule has 0 saturated carbocycles. The molecule has 4 heteroatoms. The molecular formula is C16H24N2O2. The fourth-order valence-electron chi connectivity index (χ4n) is 2.32. The Morgan fingerprint density at radius 1 is 1.30 bits per heavy atom. The van der Waals surface area contributed by atoms with Gasteiger partial charge >= 0.3 is 0 Å². The van der Waals surface area contributed by atoms with Crippen LogP contribution in [0.15, 0.2) is 24.3 Å². The minimum Gasteiger partial charge on any atom is -0.489 e. The van der Waals surface area contributed by atoms with Crippen LogP contribution < -0.4 is 4.74 Å². The first-order valence-electron chi connectivity index (χ1n) is 7.12. The van der Waals surface area contributed by atoms with Crippen LogP contribution in [0, 0.1) is 11.3 Å². The van der Waals surface area contributed by atoms with E-state index in [-0.39, 0.29) is 6.61 Å². The molecule has 0 aromatic heterocycles. The number of nitrogens with zero attached hydrogens (tertiary/aromatic N) is 2. The molecule has 0 aliphatic rings. The Morgan fingerprint density at radius 3 is 2.55 bits per heavy atom. The Kier molecular flexibility index (Phi) is 7.06. The largest absolute Gasteiger partial charge is 0.489 e. The predicted octanol–water partition coefficient (Wildman–Crippen LogP) is 2.42. The van der Waals surface area contributed by atoms with Crippen molar-refractivity contribution in [1.82, 2.24) is 4.90 Å². The fraction of sp³-hybridized carbons (Fsp3) is 0.562. The van der Waals surface area contributed by atoms with Gasteiger partial charge in [0.2, 0.25) is 0 Å². The quantitative estimate of drug-likeness (QED) is 0.792. The van der Waals surface area contributed by atoms with Gasteiger partial charge in [-0.2, -0.15) is 5.26 Å². The predicted molar refractivity (Wildman–Crippen MR) is 79.7 cm³/mol. The van der Waals surface area contributed by atoms with Crippen LogP contribution in [0.3, 0.4) is 0 Å². The van der Waals surface area contributed by atoms with Crippen molar-refractivity contribution in [3.05, 3.63) is 29.8 Å². The van der Waals surface area contributed by atoms with Crippen LogP contribution in [0.25, 0.3) is 0 Å². The maximum atomic E-state index is 10.0. The number of likely N-dealkylation sites (N-methyl/N-ethyl adjacent to an activating group) is 1. The fourth-order valence-corrected chi connectivity index (χ4v) is 2.32. The molecule has 0 aliphatic carbocycles. The molecule has 0 bridgehead atoms. The second kappa shape index (κ2) is 8.57. The lowest BCUT2D eigenvalue weighted by Crippen LogP contribution is -2.39. The van der Waals surface area contributed by atoms with E-state index < -0.39 is 6.10 Å². The van der Waals surface area contributed by atoms with Crippen LogP contribution in [0.1, 0.15) is 32.3 Å². The van der Waals surface area contributed by atoms with Crippen molar-refractivity contribution in [3.63, 3.8) is 0 Å². The number of nitriles is 1. The molecule has 1 aromatic rings. The topological polar surface area (TPSA) is 56.5 Å². The maximum absolute atomic E-state index is 10.0. The lowest BCUT2D eigenvalue weighted by Gasteiger charge is -2.28. The lowest BCUT2D eigenvalue weighted by molar-refractivity contribution is 0.0615. The summed E-state index contributed by atoms with van der Waals surface area (Å²) < 4.78 is 5.54. The maximum Gasteiger partial charge on any atom is 0.137 e. The van der Waals surface area contributed by atoms with Gasteiger partial charge in [0, 0.05) is 12.6 Å². The van der Waals surface area contributed by atoms with Gasteiger partial charge in [0.1, 0.15) is 24.5 Å². The lowest BCUT2D eigenvalue weighted by atomic mass is 10.1. The molecule has 0 amide bonds. The summed E-state index contributed by atoms with van der Waals surface area (Å²) in [6, 6.07) is 9.63. The van der Waals surface area contributed by atoms with Crippen molar-refractivity contribution in [2.45, 2.75) is 38.8 Å². The number of hydrogen-bond acceptors (Lipinski definition) is 4. The summed E-state index contributed by atoms with van der Waals surface area (Å²) in [4.78, 5) is 2.16. The molecule has 0 spiro atoms. The zero-order chi connectivity index (χ0) is 15.0. The standard InChI is InChI=1S/C16H24N2O2/c1-4-14(5-2)18(3)11-15(19)12-20-16-9-7-6-8-13(16)10-17/h6-9,14-15,19H,4-5,11-12H2,1-3H3. The second-order valence-electron chi connectivity index (χ2n) is 4.98. The van der Waals surface area contributed by atoms with Crippen molar-refractivity contribution in [1.29, 1.82) is 5.26 Å². The van der Waals surface area contributed by atoms with Crippen molar-refractivity contribution in [2.75, 3.05) is 20.2 Å². The van der Waals surface area contributed by atoms with E-state index in [0.29, 0.717) is 23.9 Å². The average Bonchev–Trinajstić information content (AvgIpc) is 2.46. The van der Waals surface area contributed by atoms with Gasteiger partial charge in [0.25, 0.3) is 0 Å². The average molecular weight is 276 g/mol. The third kappa shape index (κ3) is 4.84. The van der Waals surface area contributed by atoms with Crippen molar-refractivity contribution in [2.24, 2.45) is 0 Å². The molecule has 1 unspecified atom stereocenters. The first-order valence-corrected chi connectivity index (χ1v) is 7.12. The van der Waals surface area contributed by atoms with Crippen LogP contribution in [0.2, 0.25) is 0 Å². The third-order valence-electron chi connectivity index (χ3n) is 3.50.